The van der Waals surface area contributed by atoms with Crippen LogP contribution in [0.4, 0.5) is 11.6 Å². The molecule has 1 aliphatic heterocycles. The van der Waals surface area contributed by atoms with Gasteiger partial charge in [0.05, 0.1) is 19.8 Å². The van der Waals surface area contributed by atoms with E-state index >= 15 is 0 Å². The van der Waals surface area contributed by atoms with E-state index in [1.165, 1.54) is 5.56 Å². The normalized spacial score (nSPS) is 17.4. The van der Waals surface area contributed by atoms with E-state index in [-0.39, 0.29) is 12.6 Å². The van der Waals surface area contributed by atoms with E-state index in [1.54, 1.807) is 13.4 Å². The van der Waals surface area contributed by atoms with Crippen LogP contribution in [-0.4, -0.2) is 41.4 Å². The predicted molar refractivity (Wildman–Crippen MR) is 99.2 cm³/mol. The molecule has 1 saturated heterocycles. The largest absolute Gasteiger partial charge is 0.496 e. The highest BCUT2D eigenvalue weighted by Gasteiger charge is 2.23. The van der Waals surface area contributed by atoms with Crippen molar-refractivity contribution in [2.75, 3.05) is 30.5 Å². The molecular weight excluding hydrogens is 316 g/mol. The van der Waals surface area contributed by atoms with Crippen LogP contribution in [0.2, 0.25) is 0 Å². The number of nitrogens with zero attached hydrogens (tertiary/aromatic N) is 3. The van der Waals surface area contributed by atoms with E-state index in [1.807, 2.05) is 25.1 Å². The van der Waals surface area contributed by atoms with Gasteiger partial charge in [-0.3, -0.25) is 0 Å². The molecule has 0 aliphatic carbocycles. The molecule has 0 spiro atoms. The number of nitrogens with one attached hydrogen (secondary N) is 1. The highest BCUT2D eigenvalue weighted by Crippen LogP contribution is 2.24. The van der Waals surface area contributed by atoms with Gasteiger partial charge >= 0.3 is 0 Å². The monoisotopic (exact) mass is 342 g/mol. The number of aryl methyl sites for hydroxylation is 1. The van der Waals surface area contributed by atoms with E-state index in [0.717, 1.165) is 48.8 Å². The van der Waals surface area contributed by atoms with E-state index in [4.69, 9.17) is 4.74 Å². The minimum atomic E-state index is 0.153. The molecule has 2 heterocycles. The molecule has 1 unspecified atom stereocenters. The predicted octanol–water partition coefficient (Wildman–Crippen LogP) is 2.76. The van der Waals surface area contributed by atoms with Gasteiger partial charge in [-0.05, 0) is 43.4 Å². The van der Waals surface area contributed by atoms with Crippen molar-refractivity contribution in [3.8, 4) is 5.75 Å². The third-order valence-corrected chi connectivity index (χ3v) is 4.72. The Bertz CT molecular complexity index is 708. The number of ether oxygens (including phenoxy) is 1. The molecule has 1 aliphatic rings. The van der Waals surface area contributed by atoms with Gasteiger partial charge in [0, 0.05) is 19.2 Å². The Balaban J connectivity index is 1.68. The molecule has 25 heavy (non-hydrogen) atoms. The van der Waals surface area contributed by atoms with Gasteiger partial charge in [0.2, 0.25) is 0 Å². The zero-order valence-electron chi connectivity index (χ0n) is 14.9. The number of methoxy groups -OCH3 is 1. The van der Waals surface area contributed by atoms with Gasteiger partial charge in [-0.1, -0.05) is 12.1 Å². The molecule has 1 aromatic carbocycles. The minimum absolute atomic E-state index is 0.153. The average Bonchev–Trinajstić information content (AvgIpc) is 2.66. The number of aromatic nitrogens is 2. The van der Waals surface area contributed by atoms with Crippen molar-refractivity contribution in [1.29, 1.82) is 0 Å². The summed E-state index contributed by atoms with van der Waals surface area (Å²) in [7, 11) is 1.68. The lowest BCUT2D eigenvalue weighted by atomic mass is 10.0. The fourth-order valence-corrected chi connectivity index (χ4v) is 3.34. The van der Waals surface area contributed by atoms with Crippen LogP contribution in [0, 0.1) is 6.92 Å². The second-order valence-corrected chi connectivity index (χ2v) is 6.44. The summed E-state index contributed by atoms with van der Waals surface area (Å²) in [5.74, 6) is 2.57. The van der Waals surface area contributed by atoms with Gasteiger partial charge in [0.15, 0.2) is 0 Å². The van der Waals surface area contributed by atoms with Gasteiger partial charge in [0.1, 0.15) is 23.7 Å². The molecule has 134 valence electrons. The maximum atomic E-state index is 9.60. The Hall–Kier alpha value is -2.34. The molecule has 0 radical (unpaired) electrons. The molecule has 0 bridgehead atoms. The smallest absolute Gasteiger partial charge is 0.134 e. The topological polar surface area (TPSA) is 70.5 Å². The summed E-state index contributed by atoms with van der Waals surface area (Å²) < 4.78 is 5.30. The number of benzene rings is 1. The first-order valence-electron chi connectivity index (χ1n) is 8.78. The van der Waals surface area contributed by atoms with Crippen LogP contribution in [0.15, 0.2) is 30.6 Å². The van der Waals surface area contributed by atoms with Gasteiger partial charge < -0.3 is 20.1 Å². The van der Waals surface area contributed by atoms with Gasteiger partial charge in [-0.2, -0.15) is 0 Å². The SMILES string of the molecule is COc1ccc(CNc2cc(N3CCCCC3CO)ncn2)cc1C. The third kappa shape index (κ3) is 4.20. The number of aliphatic hydroxyl groups excluding tert-OH is 1. The Labute approximate surface area is 148 Å². The summed E-state index contributed by atoms with van der Waals surface area (Å²) in [6, 6.07) is 8.26. The van der Waals surface area contributed by atoms with Crippen LogP contribution in [0.25, 0.3) is 0 Å². The Morgan fingerprint density at radius 2 is 2.16 bits per heavy atom. The Morgan fingerprint density at radius 1 is 1.28 bits per heavy atom. The first-order chi connectivity index (χ1) is 12.2. The zero-order valence-corrected chi connectivity index (χ0v) is 14.9. The molecule has 6 nitrogen and oxygen atoms in total. The number of hydrogen-bond donors (Lipinski definition) is 2. The molecule has 3 rings (SSSR count). The summed E-state index contributed by atoms with van der Waals surface area (Å²) in [4.78, 5) is 10.9. The summed E-state index contributed by atoms with van der Waals surface area (Å²) >= 11 is 0. The van der Waals surface area contributed by atoms with Crippen molar-refractivity contribution in [2.45, 2.75) is 38.8 Å². The third-order valence-electron chi connectivity index (χ3n) is 4.72. The van der Waals surface area contributed by atoms with Crippen molar-refractivity contribution < 1.29 is 9.84 Å². The van der Waals surface area contributed by atoms with Gasteiger partial charge in [-0.25, -0.2) is 9.97 Å². The van der Waals surface area contributed by atoms with E-state index < -0.39 is 0 Å². The highest BCUT2D eigenvalue weighted by molar-refractivity contribution is 5.50. The van der Waals surface area contributed by atoms with Crippen LogP contribution in [-0.2, 0) is 6.54 Å². The number of piperidine rings is 1. The van der Waals surface area contributed by atoms with Crippen LogP contribution in [0.5, 0.6) is 5.75 Å². The highest BCUT2D eigenvalue weighted by atomic mass is 16.5. The molecule has 1 atom stereocenters. The maximum absolute atomic E-state index is 9.60. The van der Waals surface area contributed by atoms with Crippen LogP contribution < -0.4 is 15.0 Å². The average molecular weight is 342 g/mol. The summed E-state index contributed by atoms with van der Waals surface area (Å²) in [5, 5.41) is 13.0. The molecule has 1 aromatic heterocycles. The standard InChI is InChI=1S/C19H26N4O2/c1-14-9-15(6-7-17(14)25-2)11-20-18-10-19(22-13-21-18)23-8-4-3-5-16(23)12-24/h6-7,9-10,13,16,24H,3-5,8,11-12H2,1-2H3,(H,20,21,22). The number of rotatable bonds is 6. The first kappa shape index (κ1) is 17.5. The molecule has 0 amide bonds. The van der Waals surface area contributed by atoms with Gasteiger partial charge in [0.25, 0.3) is 0 Å². The lowest BCUT2D eigenvalue weighted by Gasteiger charge is -2.35. The molecule has 2 aromatic rings. The second-order valence-electron chi connectivity index (χ2n) is 6.44. The quantitative estimate of drug-likeness (QED) is 0.841. The van der Waals surface area contributed by atoms with Crippen LogP contribution >= 0.6 is 0 Å². The van der Waals surface area contributed by atoms with Crippen molar-refractivity contribution in [2.24, 2.45) is 0 Å². The van der Waals surface area contributed by atoms with Crippen molar-refractivity contribution in [3.05, 3.63) is 41.7 Å². The summed E-state index contributed by atoms with van der Waals surface area (Å²) in [5.41, 5.74) is 2.29. The summed E-state index contributed by atoms with van der Waals surface area (Å²) in [6.45, 7) is 3.82. The second kappa shape index (κ2) is 8.16. The molecular formula is C19H26N4O2. The minimum Gasteiger partial charge on any atom is -0.496 e. The summed E-state index contributed by atoms with van der Waals surface area (Å²) in [6.07, 6.45) is 4.89. The number of anilines is 2. The lowest BCUT2D eigenvalue weighted by molar-refractivity contribution is 0.239. The van der Waals surface area contributed by atoms with Crippen molar-refractivity contribution in [3.63, 3.8) is 0 Å². The molecule has 1 fully saturated rings. The fraction of sp³-hybridized carbons (Fsp3) is 0.474. The maximum Gasteiger partial charge on any atom is 0.134 e. The lowest BCUT2D eigenvalue weighted by Crippen LogP contribution is -2.42. The molecule has 6 heteroatoms. The van der Waals surface area contributed by atoms with Crippen molar-refractivity contribution in [1.82, 2.24) is 9.97 Å². The molecule has 0 saturated carbocycles. The number of hydrogen-bond acceptors (Lipinski definition) is 6. The number of aliphatic hydroxyl groups is 1. The van der Waals surface area contributed by atoms with Crippen LogP contribution in [0.3, 0.4) is 0 Å². The van der Waals surface area contributed by atoms with Crippen molar-refractivity contribution >= 4 is 11.6 Å². The first-order valence-corrected chi connectivity index (χ1v) is 8.78. The van der Waals surface area contributed by atoms with Gasteiger partial charge in [-0.15, -0.1) is 0 Å². The fourth-order valence-electron chi connectivity index (χ4n) is 3.34. The van der Waals surface area contributed by atoms with E-state index in [9.17, 15) is 5.11 Å². The molecule has 2 N–H and O–H groups in total. The van der Waals surface area contributed by atoms with E-state index in [2.05, 4.69) is 26.3 Å². The Kier molecular flexibility index (Phi) is 5.71. The van der Waals surface area contributed by atoms with Crippen LogP contribution in [0.1, 0.15) is 30.4 Å². The Morgan fingerprint density at radius 3 is 2.92 bits per heavy atom. The van der Waals surface area contributed by atoms with E-state index in [0.29, 0.717) is 6.54 Å². The zero-order chi connectivity index (χ0) is 17.6.